The van der Waals surface area contributed by atoms with Gasteiger partial charge in [0.1, 0.15) is 41.1 Å². The first-order valence-electron chi connectivity index (χ1n) is 30.8. The van der Waals surface area contributed by atoms with Gasteiger partial charge < -0.3 is 39.8 Å². The number of anilines is 2. The Morgan fingerprint density at radius 1 is 0.630 bits per heavy atom. The number of hydrogen-bond acceptors (Lipinski definition) is 22. The first-order chi connectivity index (χ1) is 48.2. The number of carboxylic acids is 1. The number of piperazine rings is 2. The molecule has 10 heterocycles. The maximum atomic E-state index is 14.8. The van der Waals surface area contributed by atoms with Crippen molar-refractivity contribution in [1.29, 1.82) is 0 Å². The molecule has 4 aromatic heterocycles. The summed E-state index contributed by atoms with van der Waals surface area (Å²) in [5.41, 5.74) is 3.15. The zero-order valence-electron chi connectivity index (χ0n) is 52.9. The number of halogens is 6. The molecule has 4 atom stereocenters. The fraction of sp³-hybridized carbons (Fsp3) is 0.254. The minimum absolute atomic E-state index is 0.107. The van der Waals surface area contributed by atoms with Gasteiger partial charge in [0.15, 0.2) is 44.2 Å². The van der Waals surface area contributed by atoms with Gasteiger partial charge in [0, 0.05) is 125 Å². The Hall–Kier alpha value is -10.0. The number of esters is 2. The van der Waals surface area contributed by atoms with E-state index in [1.807, 2.05) is 5.38 Å². The first kappa shape index (κ1) is 68.5. The quantitative estimate of drug-likeness (QED) is 0.0434. The van der Waals surface area contributed by atoms with Crippen molar-refractivity contribution in [2.75, 3.05) is 89.5 Å². The summed E-state index contributed by atoms with van der Waals surface area (Å²) in [6.07, 6.45) is 4.62. The molecular formula is C67H56Cl2F4N14O10S3. The number of fused-ring (bicyclic) bond motifs is 2. The van der Waals surface area contributed by atoms with E-state index in [9.17, 15) is 51.4 Å². The molecule has 6 aliphatic heterocycles. The summed E-state index contributed by atoms with van der Waals surface area (Å²) in [5, 5.41) is 23.0. The second kappa shape index (κ2) is 29.0. The summed E-state index contributed by atoms with van der Waals surface area (Å²) >= 11 is 16.9. The largest absolute Gasteiger partial charge is 0.478 e. The number of carboxylic acid groups (broad SMARTS) is 1. The number of benzene rings is 4. The third-order valence-corrected chi connectivity index (χ3v) is 20.3. The average Bonchev–Trinajstić information content (AvgIpc) is 1.16. The van der Waals surface area contributed by atoms with Crippen molar-refractivity contribution in [2.24, 2.45) is 9.98 Å². The molecule has 0 saturated carbocycles. The van der Waals surface area contributed by atoms with Gasteiger partial charge in [0.2, 0.25) is 0 Å². The standard InChI is InChI=1S/C34H28ClF2N7O6S.C33H28ClF2N7O4S2/c1-49-33(47)28-25(40-30(31-38-8-11-51-31)41-29(28)22-5-3-19(36)13-23(22)35)17-42-9-10-43-20(15-42)16-44(34(43)48)27-7-4-21(14-39-27)50-26-12-18(32(45)46)2-6-24(26)37;1-17(44)18-3-5-22(24(36)11-18)26-16-49-32(39-26)43-14-20-13-41(8-9-42(20)33(43)46)15-25-27(31(45)47-2)28(21-6-4-19(35)12-23(21)34)40-29(38-25)30-37-7-10-48-30/h2-8,11-14,20,29H,9-10,15-17H2,1H3,(H,40,41)(H,45,46);3-7,10-12,16,20,28H,8-9,13-15H2,1-2H3,(H,38,40)/t20-,29-;20-,28-/m00/s1. The second-order valence-electron chi connectivity index (χ2n) is 23.4. The number of nitrogens with one attached hydrogen (secondary N) is 2. The van der Waals surface area contributed by atoms with Crippen LogP contribution in [0.3, 0.4) is 0 Å². The van der Waals surface area contributed by atoms with Crippen molar-refractivity contribution in [3.05, 3.63) is 208 Å². The lowest BCUT2D eigenvalue weighted by atomic mass is 9.95. The average molecular weight is 1460 g/mol. The molecule has 6 aliphatic rings. The maximum Gasteiger partial charge on any atom is 0.338 e. The highest BCUT2D eigenvalue weighted by atomic mass is 35.5. The number of nitrogens with zero attached hydrogens (tertiary/aromatic N) is 12. The van der Waals surface area contributed by atoms with Crippen molar-refractivity contribution in [3.63, 3.8) is 0 Å². The molecule has 4 aromatic carbocycles. The van der Waals surface area contributed by atoms with Crippen molar-refractivity contribution in [3.8, 4) is 22.8 Å². The molecule has 0 unspecified atom stereocenters. The molecule has 4 amide bonds. The second-order valence-corrected chi connectivity index (χ2v) is 26.8. The number of carbonyl (C=O) groups excluding carboxylic acids is 5. The Morgan fingerprint density at radius 2 is 1.18 bits per heavy atom. The Kier molecular flexibility index (Phi) is 19.9. The number of ether oxygens (including phenoxy) is 3. The van der Waals surface area contributed by atoms with E-state index in [1.165, 1.54) is 116 Å². The lowest BCUT2D eigenvalue weighted by Crippen LogP contribution is -2.53. The van der Waals surface area contributed by atoms with Gasteiger partial charge in [-0.2, -0.15) is 0 Å². The Labute approximate surface area is 589 Å². The predicted octanol–water partition coefficient (Wildman–Crippen LogP) is 10.7. The highest BCUT2D eigenvalue weighted by Gasteiger charge is 2.45. The molecule has 33 heteroatoms. The topological polar surface area (TPSA) is 270 Å². The van der Waals surface area contributed by atoms with Crippen LogP contribution in [0.5, 0.6) is 11.5 Å². The van der Waals surface area contributed by atoms with E-state index in [0.717, 1.165) is 18.2 Å². The van der Waals surface area contributed by atoms with Crippen molar-refractivity contribution in [2.45, 2.75) is 31.1 Å². The molecule has 0 radical (unpaired) electrons. The summed E-state index contributed by atoms with van der Waals surface area (Å²) < 4.78 is 73.1. The fourth-order valence-corrected chi connectivity index (χ4v) is 15.0. The summed E-state index contributed by atoms with van der Waals surface area (Å²) in [6, 6.07) is 15.9. The number of urea groups is 2. The van der Waals surface area contributed by atoms with E-state index >= 15 is 0 Å². The van der Waals surface area contributed by atoms with Crippen LogP contribution in [0.15, 0.2) is 152 Å². The molecule has 4 saturated heterocycles. The van der Waals surface area contributed by atoms with Crippen LogP contribution >= 0.6 is 57.2 Å². The summed E-state index contributed by atoms with van der Waals surface area (Å²) in [5.74, 6) is -3.91. The lowest BCUT2D eigenvalue weighted by Gasteiger charge is -2.38. The third kappa shape index (κ3) is 14.1. The first-order valence-corrected chi connectivity index (χ1v) is 34.2. The van der Waals surface area contributed by atoms with Crippen LogP contribution in [-0.2, 0) is 19.1 Å². The Balaban J connectivity index is 0.000000179. The van der Waals surface area contributed by atoms with E-state index in [0.29, 0.717) is 120 Å². The molecule has 0 aliphatic carbocycles. The molecule has 514 valence electrons. The maximum absolute atomic E-state index is 14.8. The molecule has 14 rings (SSSR count). The van der Waals surface area contributed by atoms with Gasteiger partial charge >= 0.3 is 30.0 Å². The zero-order valence-corrected chi connectivity index (χ0v) is 56.9. The van der Waals surface area contributed by atoms with Gasteiger partial charge in [0.05, 0.1) is 68.0 Å². The monoisotopic (exact) mass is 1460 g/mol. The Bertz CT molecular complexity index is 4700. The lowest BCUT2D eigenvalue weighted by molar-refractivity contribution is -0.137. The minimum Gasteiger partial charge on any atom is -0.478 e. The van der Waals surface area contributed by atoms with Crippen LogP contribution in [0.2, 0.25) is 10.0 Å². The van der Waals surface area contributed by atoms with E-state index in [-0.39, 0.29) is 85.9 Å². The molecule has 3 N–H and O–H groups in total. The van der Waals surface area contributed by atoms with E-state index in [1.54, 1.807) is 54.9 Å². The number of ketones is 1. The summed E-state index contributed by atoms with van der Waals surface area (Å²) in [7, 11) is 2.56. The van der Waals surface area contributed by atoms with Crippen LogP contribution in [-0.4, -0.2) is 184 Å². The number of aromatic carboxylic acids is 1. The van der Waals surface area contributed by atoms with Gasteiger partial charge in [-0.25, -0.2) is 61.5 Å². The van der Waals surface area contributed by atoms with Gasteiger partial charge in [-0.3, -0.25) is 34.4 Å². The van der Waals surface area contributed by atoms with Crippen LogP contribution in [0.1, 0.15) is 60.9 Å². The number of rotatable bonds is 17. The number of Topliss-reactive ketones (excluding diaryl/α,β-unsaturated/α-hetero) is 1. The van der Waals surface area contributed by atoms with E-state index in [2.05, 4.69) is 40.4 Å². The molecule has 8 aromatic rings. The normalized spacial score (nSPS) is 19.3. The van der Waals surface area contributed by atoms with Crippen molar-refractivity contribution >= 4 is 116 Å². The van der Waals surface area contributed by atoms with Gasteiger partial charge in [-0.1, -0.05) is 41.4 Å². The third-order valence-electron chi connectivity index (χ3n) is 17.3. The minimum atomic E-state index is -1.22. The number of methoxy groups -OCH3 is 2. The number of thiazole rings is 3. The summed E-state index contributed by atoms with van der Waals surface area (Å²) in [4.78, 5) is 115. The smallest absolute Gasteiger partial charge is 0.338 e. The zero-order chi connectivity index (χ0) is 70.2. The molecule has 0 bridgehead atoms. The van der Waals surface area contributed by atoms with E-state index in [4.69, 9.17) is 47.4 Å². The molecule has 0 spiro atoms. The predicted molar refractivity (Wildman–Crippen MR) is 364 cm³/mol. The van der Waals surface area contributed by atoms with Gasteiger partial charge in [-0.05, 0) is 73.7 Å². The highest BCUT2D eigenvalue weighted by molar-refractivity contribution is 7.14. The summed E-state index contributed by atoms with van der Waals surface area (Å²) in [6.45, 7) is 5.42. The van der Waals surface area contributed by atoms with Crippen LogP contribution in [0.25, 0.3) is 11.3 Å². The Morgan fingerprint density at radius 3 is 1.67 bits per heavy atom. The number of aliphatic imine (C=N–C) groups is 2. The SMILES string of the molecule is COC(=O)C1=C(CN2CCN3C(=O)N(c4ccc(Oc5cc(C(=O)O)ccc5F)cn4)C[C@@H]3C2)NC(c2nccs2)=N[C@H]1c1ccc(F)cc1Cl.COC(=O)C1=C(CN2CCN3C(=O)N(c4nc(-c5ccc(C(C)=O)cc5F)cs4)C[C@@H]3C2)NC(c2nccs2)=N[C@H]1c1ccc(F)cc1Cl. The number of amidine groups is 2. The molecule has 4 fully saturated rings. The van der Waals surface area contributed by atoms with Crippen molar-refractivity contribution in [1.82, 2.24) is 50.2 Å². The van der Waals surface area contributed by atoms with Crippen LogP contribution in [0.4, 0.5) is 38.1 Å². The van der Waals surface area contributed by atoms with Gasteiger partial charge in [0.25, 0.3) is 0 Å². The van der Waals surface area contributed by atoms with Gasteiger partial charge in [-0.15, -0.1) is 34.0 Å². The van der Waals surface area contributed by atoms with Crippen molar-refractivity contribution < 1.29 is 65.6 Å². The molecule has 24 nitrogen and oxygen atoms in total. The number of carbonyl (C=O) groups is 6. The van der Waals surface area contributed by atoms with Crippen LogP contribution < -0.4 is 25.2 Å². The highest BCUT2D eigenvalue weighted by Crippen LogP contribution is 2.41. The number of hydrogen-bond donors (Lipinski definition) is 3. The van der Waals surface area contributed by atoms with E-state index < -0.39 is 53.3 Å². The number of aromatic nitrogens is 4. The molecular weight excluding hydrogens is 1400 g/mol. The number of amides is 4. The molecule has 100 heavy (non-hydrogen) atoms. The fourth-order valence-electron chi connectivity index (χ4n) is 12.5. The van der Waals surface area contributed by atoms with Crippen LogP contribution in [0, 0.1) is 23.3 Å². The number of pyridine rings is 1.